The third-order valence-electron chi connectivity index (χ3n) is 4.58. The van der Waals surface area contributed by atoms with Crippen LogP contribution in [0.5, 0.6) is 0 Å². The molecule has 1 atom stereocenters. The molecule has 0 bridgehead atoms. The molecule has 0 radical (unpaired) electrons. The normalized spacial score (nSPS) is 17.0. The van der Waals surface area contributed by atoms with E-state index in [1.54, 1.807) is 0 Å². The van der Waals surface area contributed by atoms with Gasteiger partial charge in [-0.25, -0.2) is 13.5 Å². The smallest absolute Gasteiger partial charge is 0.247 e. The van der Waals surface area contributed by atoms with Crippen LogP contribution in [-0.4, -0.2) is 45.5 Å². The van der Waals surface area contributed by atoms with Crippen molar-refractivity contribution in [3.8, 4) is 5.69 Å². The number of halogens is 2. The Morgan fingerprint density at radius 3 is 2.79 bits per heavy atom. The quantitative estimate of drug-likeness (QED) is 0.743. The van der Waals surface area contributed by atoms with Crippen LogP contribution in [0.25, 0.3) is 5.69 Å². The summed E-state index contributed by atoms with van der Waals surface area (Å²) < 4.78 is 33.5. The maximum absolute atomic E-state index is 13.4. The fraction of sp³-hybridized carbons (Fsp3) is 0.316. The average molecular weight is 386 g/mol. The molecule has 1 fully saturated rings. The predicted octanol–water partition coefficient (Wildman–Crippen LogP) is 3.22. The van der Waals surface area contributed by atoms with Gasteiger partial charge in [0.05, 0.1) is 41.7 Å². The Labute approximate surface area is 161 Å². The summed E-state index contributed by atoms with van der Waals surface area (Å²) in [7, 11) is 0. The van der Waals surface area contributed by atoms with Crippen LogP contribution in [0.3, 0.4) is 0 Å². The van der Waals surface area contributed by atoms with E-state index in [2.05, 4.69) is 25.3 Å². The monoisotopic (exact) mass is 386 g/mol. The van der Waals surface area contributed by atoms with Gasteiger partial charge >= 0.3 is 0 Å². The van der Waals surface area contributed by atoms with Crippen LogP contribution in [-0.2, 0) is 4.74 Å². The number of hydrogen-bond acceptors (Lipinski definition) is 6. The fourth-order valence-electron chi connectivity index (χ4n) is 3.07. The predicted molar refractivity (Wildman–Crippen MR) is 101 cm³/mol. The van der Waals surface area contributed by atoms with Crippen LogP contribution < -0.4 is 10.2 Å². The zero-order valence-electron chi connectivity index (χ0n) is 15.6. The number of hydrogen-bond donors (Lipinski definition) is 1. The van der Waals surface area contributed by atoms with Gasteiger partial charge in [-0.2, -0.15) is 4.98 Å². The van der Waals surface area contributed by atoms with E-state index in [0.29, 0.717) is 18.2 Å². The Morgan fingerprint density at radius 1 is 1.14 bits per heavy atom. The Balaban J connectivity index is 1.55. The van der Waals surface area contributed by atoms with E-state index in [-0.39, 0.29) is 6.10 Å². The van der Waals surface area contributed by atoms with Gasteiger partial charge in [0, 0.05) is 19.2 Å². The molecule has 0 spiro atoms. The largest absolute Gasteiger partial charge is 0.375 e. The highest BCUT2D eigenvalue weighted by molar-refractivity contribution is 5.63. The van der Waals surface area contributed by atoms with E-state index in [4.69, 9.17) is 4.74 Å². The van der Waals surface area contributed by atoms with E-state index in [1.165, 1.54) is 17.1 Å². The van der Waals surface area contributed by atoms with Crippen LogP contribution in [0.2, 0.25) is 0 Å². The third kappa shape index (κ3) is 3.79. The molecule has 0 aliphatic carbocycles. The van der Waals surface area contributed by atoms with Crippen LogP contribution in [0.15, 0.2) is 36.8 Å². The zero-order chi connectivity index (χ0) is 19.7. The molecule has 1 saturated heterocycles. The Kier molecular flexibility index (Phi) is 4.91. The molecule has 7 nitrogen and oxygen atoms in total. The Morgan fingerprint density at radius 2 is 2.00 bits per heavy atom. The molecule has 1 aromatic carbocycles. The summed E-state index contributed by atoms with van der Waals surface area (Å²) in [5, 5.41) is 7.43. The van der Waals surface area contributed by atoms with Gasteiger partial charge in [0.15, 0.2) is 11.6 Å². The van der Waals surface area contributed by atoms with Crippen molar-refractivity contribution in [1.82, 2.24) is 19.7 Å². The summed E-state index contributed by atoms with van der Waals surface area (Å²) >= 11 is 0. The third-order valence-corrected chi connectivity index (χ3v) is 4.58. The topological polar surface area (TPSA) is 68.1 Å². The lowest BCUT2D eigenvalue weighted by Crippen LogP contribution is -2.41. The highest BCUT2D eigenvalue weighted by Crippen LogP contribution is 2.25. The summed E-state index contributed by atoms with van der Waals surface area (Å²) in [4.78, 5) is 10.9. The van der Waals surface area contributed by atoms with E-state index < -0.39 is 11.6 Å². The minimum atomic E-state index is -0.935. The van der Waals surface area contributed by atoms with Crippen molar-refractivity contribution in [3.63, 3.8) is 0 Å². The number of aryl methyl sites for hydroxylation is 1. The molecular formula is C19H20F2N6O. The first-order valence-corrected chi connectivity index (χ1v) is 8.97. The first-order chi connectivity index (χ1) is 13.5. The van der Waals surface area contributed by atoms with Crippen molar-refractivity contribution >= 4 is 17.3 Å². The molecule has 0 saturated carbocycles. The van der Waals surface area contributed by atoms with Crippen molar-refractivity contribution in [1.29, 1.82) is 0 Å². The first kappa shape index (κ1) is 18.3. The van der Waals surface area contributed by atoms with Crippen molar-refractivity contribution in [2.45, 2.75) is 20.0 Å². The average Bonchev–Trinajstić information content (AvgIpc) is 3.14. The number of aromatic nitrogens is 4. The second-order valence-electron chi connectivity index (χ2n) is 6.69. The summed E-state index contributed by atoms with van der Waals surface area (Å²) in [5.74, 6) is -1.50. The molecule has 1 unspecified atom stereocenters. The second-order valence-corrected chi connectivity index (χ2v) is 6.69. The lowest BCUT2D eigenvalue weighted by molar-refractivity contribution is 0.0532. The van der Waals surface area contributed by atoms with Crippen molar-refractivity contribution in [3.05, 3.63) is 54.1 Å². The number of nitrogens with one attached hydrogen (secondary N) is 1. The summed E-state index contributed by atoms with van der Waals surface area (Å²) in [6.07, 6.45) is 3.44. The molecule has 4 rings (SSSR count). The molecule has 3 heterocycles. The van der Waals surface area contributed by atoms with Crippen LogP contribution >= 0.6 is 0 Å². The molecule has 146 valence electrons. The van der Waals surface area contributed by atoms with Gasteiger partial charge in [-0.1, -0.05) is 0 Å². The van der Waals surface area contributed by atoms with E-state index in [9.17, 15) is 8.78 Å². The number of ether oxygens (including phenoxy) is 1. The molecule has 1 aliphatic rings. The van der Waals surface area contributed by atoms with E-state index in [1.807, 2.05) is 26.1 Å². The maximum atomic E-state index is 13.4. The van der Waals surface area contributed by atoms with Crippen molar-refractivity contribution in [2.75, 3.05) is 29.9 Å². The van der Waals surface area contributed by atoms with Gasteiger partial charge in [0.25, 0.3) is 0 Å². The molecule has 28 heavy (non-hydrogen) atoms. The van der Waals surface area contributed by atoms with Gasteiger partial charge in [-0.15, -0.1) is 5.10 Å². The molecule has 0 amide bonds. The number of benzene rings is 1. The fourth-order valence-corrected chi connectivity index (χ4v) is 3.07. The molecule has 1 N–H and O–H groups in total. The van der Waals surface area contributed by atoms with Crippen LogP contribution in [0.1, 0.15) is 12.6 Å². The zero-order valence-corrected chi connectivity index (χ0v) is 15.6. The van der Waals surface area contributed by atoms with Gasteiger partial charge in [-0.3, -0.25) is 4.98 Å². The lowest BCUT2D eigenvalue weighted by Gasteiger charge is -2.33. The molecular weight excluding hydrogens is 366 g/mol. The molecule has 9 heteroatoms. The van der Waals surface area contributed by atoms with Gasteiger partial charge in [0.2, 0.25) is 5.95 Å². The van der Waals surface area contributed by atoms with Crippen molar-refractivity contribution in [2.24, 2.45) is 0 Å². The van der Waals surface area contributed by atoms with E-state index in [0.717, 1.165) is 42.3 Å². The molecule has 2 aromatic heterocycles. The van der Waals surface area contributed by atoms with E-state index >= 15 is 0 Å². The standard InChI is InChI=1S/C19H20F2N6O/c1-12-10-26(5-6-28-12)15-8-18(13(2)22-9-15)24-19-23-11-27(25-19)14-3-4-16(20)17(21)7-14/h3-4,7-9,11-12H,5-6,10H2,1-2H3,(H,24,25). The first-order valence-electron chi connectivity index (χ1n) is 8.97. The van der Waals surface area contributed by atoms with Crippen LogP contribution in [0.4, 0.5) is 26.1 Å². The summed E-state index contributed by atoms with van der Waals surface area (Å²) in [5.41, 5.74) is 2.95. The lowest BCUT2D eigenvalue weighted by atomic mass is 10.2. The van der Waals surface area contributed by atoms with Gasteiger partial charge in [0.1, 0.15) is 6.33 Å². The number of anilines is 3. The maximum Gasteiger partial charge on any atom is 0.247 e. The minimum absolute atomic E-state index is 0.167. The van der Waals surface area contributed by atoms with Gasteiger partial charge < -0.3 is 15.0 Å². The van der Waals surface area contributed by atoms with Gasteiger partial charge in [-0.05, 0) is 32.0 Å². The molecule has 1 aliphatic heterocycles. The summed E-state index contributed by atoms with van der Waals surface area (Å²) in [6, 6.07) is 5.56. The summed E-state index contributed by atoms with van der Waals surface area (Å²) in [6.45, 7) is 6.21. The molecule has 3 aromatic rings. The number of rotatable bonds is 4. The Bertz CT molecular complexity index is 992. The minimum Gasteiger partial charge on any atom is -0.375 e. The SMILES string of the molecule is Cc1ncc(N2CCOC(C)C2)cc1Nc1ncn(-c2ccc(F)c(F)c2)n1. The highest BCUT2D eigenvalue weighted by Gasteiger charge is 2.18. The van der Waals surface area contributed by atoms with Crippen molar-refractivity contribution < 1.29 is 13.5 Å². The second kappa shape index (κ2) is 7.51. The number of pyridine rings is 1. The highest BCUT2D eigenvalue weighted by atomic mass is 19.2. The Hall–Kier alpha value is -3.07. The number of morpholine rings is 1. The number of nitrogens with zero attached hydrogens (tertiary/aromatic N) is 5. The van der Waals surface area contributed by atoms with Crippen LogP contribution in [0, 0.1) is 18.6 Å².